The van der Waals surface area contributed by atoms with Gasteiger partial charge >= 0.3 is 0 Å². The molecule has 1 saturated carbocycles. The van der Waals surface area contributed by atoms with Crippen LogP contribution in [0.15, 0.2) is 17.5 Å². The van der Waals surface area contributed by atoms with Crippen molar-refractivity contribution < 1.29 is 4.79 Å². The molecule has 1 aromatic heterocycles. The summed E-state index contributed by atoms with van der Waals surface area (Å²) in [7, 11) is 0. The highest BCUT2D eigenvalue weighted by Gasteiger charge is 2.49. The number of amides is 1. The molecule has 2 fully saturated rings. The van der Waals surface area contributed by atoms with Gasteiger partial charge in [0.2, 0.25) is 5.91 Å². The lowest BCUT2D eigenvalue weighted by Crippen LogP contribution is -2.33. The SMILES string of the molecule is CCC1NC(c2cccs2)N(CC2CC2(C)C)C1=O. The summed E-state index contributed by atoms with van der Waals surface area (Å²) in [5, 5.41) is 5.57. The molecule has 0 aromatic carbocycles. The highest BCUT2D eigenvalue weighted by Crippen LogP contribution is 2.52. The van der Waals surface area contributed by atoms with Crippen LogP contribution in [-0.4, -0.2) is 23.4 Å². The van der Waals surface area contributed by atoms with Crippen molar-refractivity contribution in [3.63, 3.8) is 0 Å². The molecule has 3 rings (SSSR count). The second kappa shape index (κ2) is 4.60. The summed E-state index contributed by atoms with van der Waals surface area (Å²) in [5.74, 6) is 0.944. The lowest BCUT2D eigenvalue weighted by atomic mass is 10.1. The van der Waals surface area contributed by atoms with Crippen LogP contribution in [0, 0.1) is 11.3 Å². The molecule has 1 aromatic rings. The maximum absolute atomic E-state index is 12.5. The van der Waals surface area contributed by atoms with Gasteiger partial charge in [0.05, 0.1) is 6.04 Å². The Balaban J connectivity index is 1.79. The second-order valence-electron chi connectivity index (χ2n) is 6.43. The van der Waals surface area contributed by atoms with Crippen molar-refractivity contribution in [3.8, 4) is 0 Å². The fourth-order valence-electron chi connectivity index (χ4n) is 2.97. The molecule has 1 saturated heterocycles. The van der Waals surface area contributed by atoms with Crippen LogP contribution in [0.1, 0.15) is 44.7 Å². The normalized spacial score (nSPS) is 32.9. The van der Waals surface area contributed by atoms with Crippen molar-refractivity contribution in [1.82, 2.24) is 10.2 Å². The minimum atomic E-state index is -0.00559. The van der Waals surface area contributed by atoms with Crippen molar-refractivity contribution in [2.75, 3.05) is 6.54 Å². The molecule has 3 atom stereocenters. The van der Waals surface area contributed by atoms with Gasteiger partial charge in [0.1, 0.15) is 6.17 Å². The average Bonchev–Trinajstić information content (AvgIpc) is 2.78. The third-order valence-electron chi connectivity index (χ3n) is 4.61. The monoisotopic (exact) mass is 278 g/mol. The fraction of sp³-hybridized carbons (Fsp3) is 0.667. The summed E-state index contributed by atoms with van der Waals surface area (Å²) >= 11 is 1.73. The third-order valence-corrected chi connectivity index (χ3v) is 5.53. The van der Waals surface area contributed by atoms with E-state index >= 15 is 0 Å². The maximum atomic E-state index is 12.5. The molecule has 3 nitrogen and oxygen atoms in total. The number of thiophene rings is 1. The number of nitrogens with zero attached hydrogens (tertiary/aromatic N) is 1. The van der Waals surface area contributed by atoms with Crippen molar-refractivity contribution >= 4 is 17.2 Å². The zero-order chi connectivity index (χ0) is 13.6. The summed E-state index contributed by atoms with van der Waals surface area (Å²) in [6, 6.07) is 4.18. The van der Waals surface area contributed by atoms with Gasteiger partial charge in [-0.05, 0) is 35.6 Å². The van der Waals surface area contributed by atoms with E-state index < -0.39 is 0 Å². The molecule has 0 spiro atoms. The van der Waals surface area contributed by atoms with Crippen molar-refractivity contribution in [1.29, 1.82) is 0 Å². The van der Waals surface area contributed by atoms with Gasteiger partial charge in [0.15, 0.2) is 0 Å². The summed E-state index contributed by atoms with van der Waals surface area (Å²) in [4.78, 5) is 15.8. The topological polar surface area (TPSA) is 32.3 Å². The minimum absolute atomic E-state index is 0.00559. The molecule has 4 heteroatoms. The van der Waals surface area contributed by atoms with Gasteiger partial charge in [-0.25, -0.2) is 0 Å². The van der Waals surface area contributed by atoms with Gasteiger partial charge in [-0.3, -0.25) is 10.1 Å². The van der Waals surface area contributed by atoms with Gasteiger partial charge in [-0.2, -0.15) is 0 Å². The molecule has 3 unspecified atom stereocenters. The molecule has 104 valence electrons. The van der Waals surface area contributed by atoms with E-state index in [-0.39, 0.29) is 18.1 Å². The zero-order valence-electron chi connectivity index (χ0n) is 11.8. The lowest BCUT2D eigenvalue weighted by Gasteiger charge is -2.24. The molecular formula is C15H22N2OS. The molecule has 1 aliphatic heterocycles. The molecule has 2 aliphatic rings. The van der Waals surface area contributed by atoms with Crippen LogP contribution in [0.3, 0.4) is 0 Å². The smallest absolute Gasteiger partial charge is 0.241 e. The van der Waals surface area contributed by atoms with E-state index in [4.69, 9.17) is 0 Å². The Labute approximate surface area is 119 Å². The predicted molar refractivity (Wildman–Crippen MR) is 77.9 cm³/mol. The summed E-state index contributed by atoms with van der Waals surface area (Å²) < 4.78 is 0. The first-order valence-electron chi connectivity index (χ1n) is 7.13. The first-order chi connectivity index (χ1) is 9.03. The van der Waals surface area contributed by atoms with E-state index in [0.717, 1.165) is 13.0 Å². The Morgan fingerprint density at radius 2 is 2.26 bits per heavy atom. The van der Waals surface area contributed by atoms with Crippen LogP contribution in [0.25, 0.3) is 0 Å². The van der Waals surface area contributed by atoms with Crippen molar-refractivity contribution in [2.24, 2.45) is 11.3 Å². The van der Waals surface area contributed by atoms with Gasteiger partial charge in [0.25, 0.3) is 0 Å². The first kappa shape index (κ1) is 13.1. The van der Waals surface area contributed by atoms with E-state index in [1.807, 2.05) is 0 Å². The number of carbonyl (C=O) groups excluding carboxylic acids is 1. The minimum Gasteiger partial charge on any atom is -0.320 e. The molecule has 1 aliphatic carbocycles. The van der Waals surface area contributed by atoms with Crippen LogP contribution in [0.5, 0.6) is 0 Å². The van der Waals surface area contributed by atoms with E-state index in [0.29, 0.717) is 11.3 Å². The number of hydrogen-bond acceptors (Lipinski definition) is 3. The molecule has 1 N–H and O–H groups in total. The second-order valence-corrected chi connectivity index (χ2v) is 7.40. The maximum Gasteiger partial charge on any atom is 0.241 e. The molecule has 1 amide bonds. The van der Waals surface area contributed by atoms with E-state index in [9.17, 15) is 4.79 Å². The molecule has 0 bridgehead atoms. The Kier molecular flexibility index (Phi) is 3.18. The highest BCUT2D eigenvalue weighted by molar-refractivity contribution is 7.10. The van der Waals surface area contributed by atoms with Gasteiger partial charge < -0.3 is 4.90 Å². The van der Waals surface area contributed by atoms with E-state index in [1.165, 1.54) is 11.3 Å². The van der Waals surface area contributed by atoms with Gasteiger partial charge in [-0.15, -0.1) is 11.3 Å². The molecule has 19 heavy (non-hydrogen) atoms. The van der Waals surface area contributed by atoms with Crippen LogP contribution in [0.2, 0.25) is 0 Å². The number of rotatable bonds is 4. The van der Waals surface area contributed by atoms with Gasteiger partial charge in [0, 0.05) is 11.4 Å². The average molecular weight is 278 g/mol. The highest BCUT2D eigenvalue weighted by atomic mass is 32.1. The Bertz CT molecular complexity index is 468. The van der Waals surface area contributed by atoms with E-state index in [2.05, 4.69) is 48.5 Å². The number of carbonyl (C=O) groups is 1. The fourth-order valence-corrected chi connectivity index (χ4v) is 3.77. The number of nitrogens with one attached hydrogen (secondary N) is 1. The Morgan fingerprint density at radius 1 is 1.53 bits per heavy atom. The molecule has 0 radical (unpaired) electrons. The van der Waals surface area contributed by atoms with Crippen LogP contribution in [0.4, 0.5) is 0 Å². The summed E-state index contributed by atoms with van der Waals surface area (Å²) in [6.45, 7) is 7.57. The molecule has 2 heterocycles. The van der Waals surface area contributed by atoms with E-state index in [1.54, 1.807) is 11.3 Å². The third kappa shape index (κ3) is 2.32. The van der Waals surface area contributed by atoms with Crippen LogP contribution < -0.4 is 5.32 Å². The standard InChI is InChI=1S/C15H22N2OS/c1-4-11-14(18)17(9-10-8-15(10,2)3)13(16-11)12-6-5-7-19-12/h5-7,10-11,13,16H,4,8-9H2,1-3H3. The Hall–Kier alpha value is -0.870. The molecular weight excluding hydrogens is 256 g/mol. The quantitative estimate of drug-likeness (QED) is 0.918. The van der Waals surface area contributed by atoms with Crippen molar-refractivity contribution in [3.05, 3.63) is 22.4 Å². The lowest BCUT2D eigenvalue weighted by molar-refractivity contribution is -0.130. The van der Waals surface area contributed by atoms with Crippen LogP contribution in [-0.2, 0) is 4.79 Å². The summed E-state index contributed by atoms with van der Waals surface area (Å²) in [6.07, 6.45) is 2.20. The van der Waals surface area contributed by atoms with Crippen LogP contribution >= 0.6 is 11.3 Å². The number of hydrogen-bond donors (Lipinski definition) is 1. The largest absolute Gasteiger partial charge is 0.320 e. The predicted octanol–water partition coefficient (Wildman–Crippen LogP) is 3.00. The Morgan fingerprint density at radius 3 is 2.79 bits per heavy atom. The zero-order valence-corrected chi connectivity index (χ0v) is 12.7. The van der Waals surface area contributed by atoms with Crippen molar-refractivity contribution in [2.45, 2.75) is 45.8 Å². The first-order valence-corrected chi connectivity index (χ1v) is 8.01. The van der Waals surface area contributed by atoms with Gasteiger partial charge in [-0.1, -0.05) is 26.8 Å². The summed E-state index contributed by atoms with van der Waals surface area (Å²) in [5.41, 5.74) is 0.421.